The molecule has 3 nitrogen and oxygen atoms in total. The first-order valence-electron chi connectivity index (χ1n) is 6.22. The first kappa shape index (κ1) is 18.2. The van der Waals surface area contributed by atoms with Crippen LogP contribution >= 0.6 is 12.4 Å². The van der Waals surface area contributed by atoms with Crippen LogP contribution in [0.15, 0.2) is 18.2 Å². The van der Waals surface area contributed by atoms with Crippen molar-refractivity contribution in [3.63, 3.8) is 0 Å². The van der Waals surface area contributed by atoms with E-state index in [1.54, 1.807) is 6.07 Å². The van der Waals surface area contributed by atoms with Gasteiger partial charge in [-0.05, 0) is 37.0 Å². The third-order valence-electron chi connectivity index (χ3n) is 3.02. The smallest absolute Gasteiger partial charge is 0.128 e. The highest BCUT2D eigenvalue weighted by Gasteiger charge is 2.20. The number of aliphatic hydroxyl groups is 1. The van der Waals surface area contributed by atoms with Crippen LogP contribution in [0.3, 0.4) is 0 Å². The molecule has 19 heavy (non-hydrogen) atoms. The second-order valence-corrected chi connectivity index (χ2v) is 4.95. The van der Waals surface area contributed by atoms with Gasteiger partial charge in [0, 0.05) is 5.56 Å². The van der Waals surface area contributed by atoms with Gasteiger partial charge in [0.25, 0.3) is 0 Å². The molecule has 0 amide bonds. The lowest BCUT2D eigenvalue weighted by molar-refractivity contribution is 0.126. The van der Waals surface area contributed by atoms with E-state index in [0.29, 0.717) is 23.7 Å². The van der Waals surface area contributed by atoms with Gasteiger partial charge in [0.05, 0.1) is 19.3 Å². The van der Waals surface area contributed by atoms with Crippen molar-refractivity contribution in [2.45, 2.75) is 38.8 Å². The second-order valence-electron chi connectivity index (χ2n) is 4.95. The molecule has 110 valence electrons. The zero-order chi connectivity index (χ0) is 13.7. The van der Waals surface area contributed by atoms with E-state index in [-0.39, 0.29) is 12.4 Å². The van der Waals surface area contributed by atoms with Gasteiger partial charge in [-0.3, -0.25) is 0 Å². The van der Waals surface area contributed by atoms with Gasteiger partial charge in [-0.25, -0.2) is 4.39 Å². The molecule has 5 heteroatoms. The number of nitrogens with two attached hydrogens (primary N) is 1. The normalized spacial score (nSPS) is 13.8. The van der Waals surface area contributed by atoms with Crippen LogP contribution in [-0.4, -0.2) is 18.3 Å². The molecule has 0 aliphatic carbocycles. The van der Waals surface area contributed by atoms with Gasteiger partial charge >= 0.3 is 0 Å². The molecule has 3 N–H and O–H groups in total. The number of ether oxygens (including phenoxy) is 1. The minimum atomic E-state index is -0.742. The maximum absolute atomic E-state index is 13.7. The fraction of sp³-hybridized carbons (Fsp3) is 0.571. The number of aliphatic hydroxyl groups excluding tert-OH is 1. The summed E-state index contributed by atoms with van der Waals surface area (Å²) >= 11 is 0. The number of halogens is 2. The van der Waals surface area contributed by atoms with Crippen LogP contribution in [0.4, 0.5) is 4.39 Å². The highest BCUT2D eigenvalue weighted by molar-refractivity contribution is 5.85. The van der Waals surface area contributed by atoms with Gasteiger partial charge in [-0.15, -0.1) is 12.4 Å². The van der Waals surface area contributed by atoms with Crippen molar-refractivity contribution < 1.29 is 14.2 Å². The SMILES string of the molecule is COc1ccc(F)c([C@@H](N)[C@@H](O)CCC(C)C)c1.Cl. The lowest BCUT2D eigenvalue weighted by Gasteiger charge is -2.21. The first-order chi connectivity index (χ1) is 8.45. The molecular weight excluding hydrogens is 269 g/mol. The third-order valence-corrected chi connectivity index (χ3v) is 3.02. The van der Waals surface area contributed by atoms with Crippen LogP contribution in [0.25, 0.3) is 0 Å². The van der Waals surface area contributed by atoms with Gasteiger partial charge in [0.2, 0.25) is 0 Å². The summed E-state index contributed by atoms with van der Waals surface area (Å²) < 4.78 is 18.7. The Morgan fingerprint density at radius 2 is 1.95 bits per heavy atom. The van der Waals surface area contributed by atoms with E-state index in [2.05, 4.69) is 13.8 Å². The van der Waals surface area contributed by atoms with Gasteiger partial charge in [-0.2, -0.15) is 0 Å². The molecule has 0 radical (unpaired) electrons. The Balaban J connectivity index is 0.00000324. The Labute approximate surface area is 120 Å². The number of rotatable bonds is 6. The van der Waals surface area contributed by atoms with Crippen molar-refractivity contribution in [2.24, 2.45) is 11.7 Å². The summed E-state index contributed by atoms with van der Waals surface area (Å²) in [6.45, 7) is 4.15. The van der Waals surface area contributed by atoms with Crippen molar-refractivity contribution in [1.82, 2.24) is 0 Å². The van der Waals surface area contributed by atoms with Crippen LogP contribution < -0.4 is 10.5 Å². The highest BCUT2D eigenvalue weighted by atomic mass is 35.5. The van der Waals surface area contributed by atoms with Crippen LogP contribution in [0.2, 0.25) is 0 Å². The predicted octanol–water partition coefficient (Wildman–Crippen LogP) is 3.05. The number of hydrogen-bond acceptors (Lipinski definition) is 3. The molecule has 1 rings (SSSR count). The molecule has 0 heterocycles. The molecule has 0 spiro atoms. The molecule has 0 fully saturated rings. The molecule has 0 saturated heterocycles. The summed E-state index contributed by atoms with van der Waals surface area (Å²) in [5.41, 5.74) is 6.20. The van der Waals surface area contributed by atoms with Crippen molar-refractivity contribution in [3.8, 4) is 5.75 Å². The van der Waals surface area contributed by atoms with E-state index >= 15 is 0 Å². The van der Waals surface area contributed by atoms with Crippen LogP contribution in [0.5, 0.6) is 5.75 Å². The zero-order valence-corrected chi connectivity index (χ0v) is 12.4. The molecular formula is C14H23ClFNO2. The molecule has 0 aromatic heterocycles. The van der Waals surface area contributed by atoms with Crippen LogP contribution in [0.1, 0.15) is 38.3 Å². The minimum Gasteiger partial charge on any atom is -0.497 e. The monoisotopic (exact) mass is 291 g/mol. The Morgan fingerprint density at radius 3 is 2.47 bits per heavy atom. The summed E-state index contributed by atoms with van der Waals surface area (Å²) in [6.07, 6.45) is 0.685. The van der Waals surface area contributed by atoms with Crippen LogP contribution in [-0.2, 0) is 0 Å². The number of methoxy groups -OCH3 is 1. The average Bonchev–Trinajstić information content (AvgIpc) is 2.35. The number of hydrogen-bond donors (Lipinski definition) is 2. The van der Waals surface area contributed by atoms with E-state index in [1.165, 1.54) is 19.2 Å². The molecule has 0 saturated carbocycles. The lowest BCUT2D eigenvalue weighted by atomic mass is 9.95. The summed E-state index contributed by atoms with van der Waals surface area (Å²) in [6, 6.07) is 3.66. The third kappa shape index (κ3) is 5.35. The molecule has 1 aromatic carbocycles. The van der Waals surface area contributed by atoms with Gasteiger partial charge in [0.1, 0.15) is 11.6 Å². The van der Waals surface area contributed by atoms with Gasteiger partial charge < -0.3 is 15.6 Å². The maximum Gasteiger partial charge on any atom is 0.128 e. The maximum atomic E-state index is 13.7. The van der Waals surface area contributed by atoms with Crippen molar-refractivity contribution in [1.29, 1.82) is 0 Å². The van der Waals surface area contributed by atoms with Crippen molar-refractivity contribution in [3.05, 3.63) is 29.6 Å². The largest absolute Gasteiger partial charge is 0.497 e. The Morgan fingerprint density at radius 1 is 1.32 bits per heavy atom. The van der Waals surface area contributed by atoms with E-state index in [4.69, 9.17) is 10.5 Å². The highest BCUT2D eigenvalue weighted by Crippen LogP contribution is 2.25. The van der Waals surface area contributed by atoms with Gasteiger partial charge in [-0.1, -0.05) is 13.8 Å². The average molecular weight is 292 g/mol. The topological polar surface area (TPSA) is 55.5 Å². The summed E-state index contributed by atoms with van der Waals surface area (Å²) in [7, 11) is 1.51. The minimum absolute atomic E-state index is 0. The predicted molar refractivity (Wildman–Crippen MR) is 77.2 cm³/mol. The lowest BCUT2D eigenvalue weighted by Crippen LogP contribution is -2.27. The van der Waals surface area contributed by atoms with Crippen LogP contribution in [0, 0.1) is 11.7 Å². The molecule has 0 aliphatic rings. The fourth-order valence-electron chi connectivity index (χ4n) is 1.80. The number of benzene rings is 1. The Hall–Kier alpha value is -0.840. The van der Waals surface area contributed by atoms with E-state index < -0.39 is 18.0 Å². The van der Waals surface area contributed by atoms with Crippen molar-refractivity contribution in [2.75, 3.05) is 7.11 Å². The zero-order valence-electron chi connectivity index (χ0n) is 11.6. The standard InChI is InChI=1S/C14H22FNO2.ClH/c1-9(2)4-7-13(17)14(16)11-8-10(18-3)5-6-12(11)15;/h5-6,8-9,13-14,17H,4,7,16H2,1-3H3;1H/t13-,14+;/m0./s1. The molecule has 1 aromatic rings. The van der Waals surface area contributed by atoms with E-state index in [0.717, 1.165) is 6.42 Å². The van der Waals surface area contributed by atoms with Crippen molar-refractivity contribution >= 4 is 12.4 Å². The summed E-state index contributed by atoms with van der Waals surface area (Å²) in [5.74, 6) is 0.617. The molecule has 2 atom stereocenters. The molecule has 0 aliphatic heterocycles. The fourth-order valence-corrected chi connectivity index (χ4v) is 1.80. The molecule has 0 bridgehead atoms. The Kier molecular flexibility index (Phi) is 7.99. The molecule has 0 unspecified atom stereocenters. The van der Waals surface area contributed by atoms with Gasteiger partial charge in [0.15, 0.2) is 0 Å². The first-order valence-corrected chi connectivity index (χ1v) is 6.22. The second kappa shape index (κ2) is 8.35. The summed E-state index contributed by atoms with van der Waals surface area (Å²) in [5, 5.41) is 9.98. The van der Waals surface area contributed by atoms with E-state index in [9.17, 15) is 9.50 Å². The Bertz CT molecular complexity index is 388. The quantitative estimate of drug-likeness (QED) is 0.847. The summed E-state index contributed by atoms with van der Waals surface area (Å²) in [4.78, 5) is 0. The van der Waals surface area contributed by atoms with E-state index in [1.807, 2.05) is 0 Å².